The van der Waals surface area contributed by atoms with Crippen molar-refractivity contribution in [3.05, 3.63) is 0 Å². The highest BCUT2D eigenvalue weighted by atomic mass is 15.4. The molecule has 0 radical (unpaired) electrons. The lowest BCUT2D eigenvalue weighted by atomic mass is 9.49. The van der Waals surface area contributed by atoms with Gasteiger partial charge in [-0.3, -0.25) is 5.84 Å². The van der Waals surface area contributed by atoms with Crippen LogP contribution < -0.4 is 5.84 Å². The van der Waals surface area contributed by atoms with E-state index in [0.717, 1.165) is 48.6 Å². The van der Waals surface area contributed by atoms with E-state index in [2.05, 4.69) is 0 Å². The maximum Gasteiger partial charge on any atom is 0.0131 e. The lowest BCUT2D eigenvalue weighted by molar-refractivity contribution is -0.0722. The Bertz CT molecular complexity index is 265. The van der Waals surface area contributed by atoms with Gasteiger partial charge in [0.2, 0.25) is 0 Å². The highest BCUT2D eigenvalue weighted by Crippen LogP contribution is 2.59. The van der Waals surface area contributed by atoms with E-state index < -0.39 is 0 Å². The van der Waals surface area contributed by atoms with Crippen LogP contribution in [-0.4, -0.2) is 18.1 Å². The average molecular weight is 234 g/mol. The molecule has 5 aliphatic rings. The first kappa shape index (κ1) is 10.8. The number of nitrogens with zero attached hydrogens (tertiary/aromatic N) is 1. The SMILES string of the molecule is NN1CCC(C2C3CC4CC(C3)CC2C4)CC1. The molecule has 1 aliphatic heterocycles. The molecule has 5 rings (SSSR count). The van der Waals surface area contributed by atoms with Crippen molar-refractivity contribution in [1.29, 1.82) is 0 Å². The topological polar surface area (TPSA) is 29.3 Å². The average Bonchev–Trinajstić information content (AvgIpc) is 2.30. The number of hydrogen-bond donors (Lipinski definition) is 1. The van der Waals surface area contributed by atoms with Gasteiger partial charge in [0, 0.05) is 13.1 Å². The molecule has 1 saturated heterocycles. The Hall–Kier alpha value is -0.0800. The first-order chi connectivity index (χ1) is 8.29. The highest BCUT2D eigenvalue weighted by molar-refractivity contribution is 5.00. The Morgan fingerprint density at radius 2 is 1.24 bits per heavy atom. The smallest absolute Gasteiger partial charge is 0.0131 e. The number of hydrazine groups is 1. The Morgan fingerprint density at radius 1 is 0.706 bits per heavy atom. The number of nitrogens with two attached hydrogens (primary N) is 1. The van der Waals surface area contributed by atoms with Gasteiger partial charge >= 0.3 is 0 Å². The Balaban J connectivity index is 1.50. The van der Waals surface area contributed by atoms with Gasteiger partial charge in [-0.15, -0.1) is 0 Å². The van der Waals surface area contributed by atoms with E-state index in [9.17, 15) is 0 Å². The molecule has 0 spiro atoms. The van der Waals surface area contributed by atoms with Gasteiger partial charge in [-0.05, 0) is 80.5 Å². The quantitative estimate of drug-likeness (QED) is 0.707. The first-order valence-corrected chi connectivity index (χ1v) is 7.79. The van der Waals surface area contributed by atoms with Gasteiger partial charge in [-0.25, -0.2) is 5.01 Å². The van der Waals surface area contributed by atoms with E-state index in [0.29, 0.717) is 0 Å². The second-order valence-electron chi connectivity index (χ2n) is 7.38. The summed E-state index contributed by atoms with van der Waals surface area (Å²) in [6, 6.07) is 0. The summed E-state index contributed by atoms with van der Waals surface area (Å²) in [5.41, 5.74) is 0. The Kier molecular flexibility index (Phi) is 2.52. The molecule has 17 heavy (non-hydrogen) atoms. The summed E-state index contributed by atoms with van der Waals surface area (Å²) in [5.74, 6) is 12.5. The van der Waals surface area contributed by atoms with Gasteiger partial charge in [-0.2, -0.15) is 0 Å². The normalized spacial score (nSPS) is 51.0. The molecule has 0 unspecified atom stereocenters. The third-order valence-corrected chi connectivity index (χ3v) is 6.42. The zero-order valence-corrected chi connectivity index (χ0v) is 10.9. The minimum absolute atomic E-state index is 1.02. The molecule has 4 bridgehead atoms. The zero-order valence-electron chi connectivity index (χ0n) is 10.9. The van der Waals surface area contributed by atoms with Gasteiger partial charge in [0.15, 0.2) is 0 Å². The third-order valence-electron chi connectivity index (χ3n) is 6.42. The fraction of sp³-hybridized carbons (Fsp3) is 1.00. The predicted molar refractivity (Wildman–Crippen MR) is 69.0 cm³/mol. The van der Waals surface area contributed by atoms with Crippen molar-refractivity contribution in [2.45, 2.75) is 44.9 Å². The fourth-order valence-corrected chi connectivity index (χ4v) is 6.04. The lowest BCUT2D eigenvalue weighted by Crippen LogP contribution is -2.50. The van der Waals surface area contributed by atoms with Crippen LogP contribution in [0.25, 0.3) is 0 Å². The van der Waals surface area contributed by atoms with Crippen molar-refractivity contribution >= 4 is 0 Å². The molecule has 5 fully saturated rings. The molecule has 96 valence electrons. The van der Waals surface area contributed by atoms with E-state index in [-0.39, 0.29) is 0 Å². The fourth-order valence-electron chi connectivity index (χ4n) is 6.04. The molecule has 2 N–H and O–H groups in total. The maximum atomic E-state index is 5.90. The maximum absolute atomic E-state index is 5.90. The molecule has 0 aromatic heterocycles. The summed E-state index contributed by atoms with van der Waals surface area (Å²) in [6.07, 6.45) is 10.7. The molecule has 2 heteroatoms. The number of rotatable bonds is 1. The van der Waals surface area contributed by atoms with Gasteiger partial charge < -0.3 is 0 Å². The summed E-state index contributed by atoms with van der Waals surface area (Å²) in [6.45, 7) is 2.29. The number of piperidine rings is 1. The molecule has 0 aromatic carbocycles. The predicted octanol–water partition coefficient (Wildman–Crippen LogP) is 2.64. The summed E-state index contributed by atoms with van der Waals surface area (Å²) in [5, 5.41) is 2.03. The van der Waals surface area contributed by atoms with Crippen LogP contribution in [0.4, 0.5) is 0 Å². The van der Waals surface area contributed by atoms with Crippen molar-refractivity contribution in [2.75, 3.05) is 13.1 Å². The standard InChI is InChI=1S/C15H26N2/c16-17-3-1-12(2-4-17)15-13-6-10-5-11(8-13)9-14(15)7-10/h10-15H,1-9,16H2. The van der Waals surface area contributed by atoms with Gasteiger partial charge in [-0.1, -0.05) is 0 Å². The monoisotopic (exact) mass is 234 g/mol. The molecule has 0 atom stereocenters. The Labute approximate surface area is 105 Å². The molecule has 0 amide bonds. The van der Waals surface area contributed by atoms with Crippen LogP contribution in [0.15, 0.2) is 0 Å². The van der Waals surface area contributed by atoms with E-state index in [1.165, 1.54) is 12.8 Å². The molecular weight excluding hydrogens is 208 g/mol. The third kappa shape index (κ3) is 1.76. The van der Waals surface area contributed by atoms with E-state index in [1.54, 1.807) is 32.1 Å². The van der Waals surface area contributed by atoms with Crippen LogP contribution in [0.3, 0.4) is 0 Å². The van der Waals surface area contributed by atoms with Crippen molar-refractivity contribution < 1.29 is 0 Å². The second kappa shape index (κ2) is 3.96. The van der Waals surface area contributed by atoms with Crippen molar-refractivity contribution in [1.82, 2.24) is 5.01 Å². The van der Waals surface area contributed by atoms with Crippen molar-refractivity contribution in [3.8, 4) is 0 Å². The zero-order chi connectivity index (χ0) is 11.4. The van der Waals surface area contributed by atoms with Gasteiger partial charge in [0.25, 0.3) is 0 Å². The summed E-state index contributed by atoms with van der Waals surface area (Å²) >= 11 is 0. The molecule has 4 saturated carbocycles. The second-order valence-corrected chi connectivity index (χ2v) is 7.38. The number of hydrogen-bond acceptors (Lipinski definition) is 2. The molecule has 1 heterocycles. The molecular formula is C15H26N2. The molecule has 0 aromatic rings. The van der Waals surface area contributed by atoms with E-state index in [4.69, 9.17) is 5.84 Å². The van der Waals surface area contributed by atoms with Gasteiger partial charge in [0.1, 0.15) is 0 Å². The minimum atomic E-state index is 1.02. The Morgan fingerprint density at radius 3 is 1.76 bits per heavy atom. The van der Waals surface area contributed by atoms with Crippen molar-refractivity contribution in [2.24, 2.45) is 41.4 Å². The van der Waals surface area contributed by atoms with Crippen LogP contribution in [0.1, 0.15) is 44.9 Å². The van der Waals surface area contributed by atoms with Crippen LogP contribution in [0, 0.1) is 35.5 Å². The van der Waals surface area contributed by atoms with E-state index in [1.807, 2.05) is 5.01 Å². The lowest BCUT2D eigenvalue weighted by Gasteiger charge is -2.57. The summed E-state index contributed by atoms with van der Waals surface area (Å²) in [4.78, 5) is 0. The summed E-state index contributed by atoms with van der Waals surface area (Å²) in [7, 11) is 0. The van der Waals surface area contributed by atoms with Crippen molar-refractivity contribution in [3.63, 3.8) is 0 Å². The first-order valence-electron chi connectivity index (χ1n) is 7.79. The van der Waals surface area contributed by atoms with E-state index >= 15 is 0 Å². The van der Waals surface area contributed by atoms with Gasteiger partial charge in [0.05, 0.1) is 0 Å². The summed E-state index contributed by atoms with van der Waals surface area (Å²) < 4.78 is 0. The van der Waals surface area contributed by atoms with Crippen LogP contribution >= 0.6 is 0 Å². The van der Waals surface area contributed by atoms with Crippen LogP contribution in [0.2, 0.25) is 0 Å². The highest BCUT2D eigenvalue weighted by Gasteiger charge is 2.50. The van der Waals surface area contributed by atoms with Crippen LogP contribution in [0.5, 0.6) is 0 Å². The molecule has 4 aliphatic carbocycles. The minimum Gasteiger partial charge on any atom is -0.269 e. The van der Waals surface area contributed by atoms with Crippen LogP contribution in [-0.2, 0) is 0 Å². The largest absolute Gasteiger partial charge is 0.269 e. The molecule has 2 nitrogen and oxygen atoms in total.